The molecule has 0 unspecified atom stereocenters. The summed E-state index contributed by atoms with van der Waals surface area (Å²) in [5, 5.41) is 13.0. The Kier molecular flexibility index (Phi) is 4.06. The van der Waals surface area contributed by atoms with Crippen molar-refractivity contribution >= 4 is 5.69 Å². The summed E-state index contributed by atoms with van der Waals surface area (Å²) >= 11 is 0. The highest BCUT2D eigenvalue weighted by atomic mass is 16.3. The minimum absolute atomic E-state index is 0.0728. The van der Waals surface area contributed by atoms with E-state index < -0.39 is 0 Å². The van der Waals surface area contributed by atoms with E-state index in [0.717, 1.165) is 25.7 Å². The summed E-state index contributed by atoms with van der Waals surface area (Å²) in [6.07, 6.45) is 3.94. The summed E-state index contributed by atoms with van der Waals surface area (Å²) in [6, 6.07) is 9.26. The Labute approximate surface area is 104 Å². The molecule has 0 saturated heterocycles. The summed E-state index contributed by atoms with van der Waals surface area (Å²) in [7, 11) is 0. The van der Waals surface area contributed by atoms with Gasteiger partial charge in [0.1, 0.15) is 0 Å². The number of aliphatic hydroxyl groups is 1. The molecule has 1 fully saturated rings. The number of hydrogen-bond donors (Lipinski definition) is 2. The first kappa shape index (κ1) is 12.4. The SMILES string of the molecule is CC(C)c1ccc(NC2CCC(O)CC2)cc1. The monoisotopic (exact) mass is 233 g/mol. The van der Waals surface area contributed by atoms with Gasteiger partial charge in [0.05, 0.1) is 6.10 Å². The molecule has 0 radical (unpaired) electrons. The Morgan fingerprint density at radius 1 is 1.06 bits per heavy atom. The molecule has 1 aromatic rings. The van der Waals surface area contributed by atoms with E-state index in [1.54, 1.807) is 0 Å². The maximum absolute atomic E-state index is 9.46. The van der Waals surface area contributed by atoms with E-state index in [9.17, 15) is 5.11 Å². The number of aliphatic hydroxyl groups excluding tert-OH is 1. The van der Waals surface area contributed by atoms with Crippen molar-refractivity contribution in [1.82, 2.24) is 0 Å². The smallest absolute Gasteiger partial charge is 0.0541 e. The molecular weight excluding hydrogens is 210 g/mol. The van der Waals surface area contributed by atoms with Gasteiger partial charge < -0.3 is 10.4 Å². The summed E-state index contributed by atoms with van der Waals surface area (Å²) < 4.78 is 0. The third kappa shape index (κ3) is 3.47. The van der Waals surface area contributed by atoms with Crippen molar-refractivity contribution in [3.05, 3.63) is 29.8 Å². The van der Waals surface area contributed by atoms with Crippen molar-refractivity contribution in [2.75, 3.05) is 5.32 Å². The highest BCUT2D eigenvalue weighted by Crippen LogP contribution is 2.23. The van der Waals surface area contributed by atoms with Gasteiger partial charge in [-0.15, -0.1) is 0 Å². The first-order chi connectivity index (χ1) is 8.15. The lowest BCUT2D eigenvalue weighted by atomic mass is 9.93. The number of nitrogens with one attached hydrogen (secondary N) is 1. The molecule has 2 rings (SSSR count). The van der Waals surface area contributed by atoms with Crippen molar-refractivity contribution in [3.63, 3.8) is 0 Å². The predicted octanol–water partition coefficient (Wildman–Crippen LogP) is 3.53. The van der Waals surface area contributed by atoms with Gasteiger partial charge in [-0.25, -0.2) is 0 Å². The average Bonchev–Trinajstić information content (AvgIpc) is 2.33. The van der Waals surface area contributed by atoms with Crippen LogP contribution in [0.5, 0.6) is 0 Å². The van der Waals surface area contributed by atoms with Crippen molar-refractivity contribution in [2.45, 2.75) is 57.6 Å². The zero-order valence-corrected chi connectivity index (χ0v) is 10.8. The fourth-order valence-electron chi connectivity index (χ4n) is 2.42. The lowest BCUT2D eigenvalue weighted by Gasteiger charge is -2.27. The third-order valence-corrected chi connectivity index (χ3v) is 3.64. The molecule has 0 aliphatic heterocycles. The zero-order valence-electron chi connectivity index (χ0n) is 10.8. The summed E-state index contributed by atoms with van der Waals surface area (Å²) in [5.41, 5.74) is 2.59. The second-order valence-electron chi connectivity index (χ2n) is 5.43. The maximum Gasteiger partial charge on any atom is 0.0541 e. The van der Waals surface area contributed by atoms with Crippen LogP contribution in [0.15, 0.2) is 24.3 Å². The summed E-state index contributed by atoms with van der Waals surface area (Å²) in [5.74, 6) is 0.592. The van der Waals surface area contributed by atoms with Crippen LogP contribution in [0.3, 0.4) is 0 Å². The van der Waals surface area contributed by atoms with E-state index in [4.69, 9.17) is 0 Å². The van der Waals surface area contributed by atoms with Gasteiger partial charge in [0.25, 0.3) is 0 Å². The molecule has 1 aliphatic rings. The molecule has 0 bridgehead atoms. The van der Waals surface area contributed by atoms with Crippen LogP contribution in [-0.2, 0) is 0 Å². The van der Waals surface area contributed by atoms with Crippen LogP contribution in [0.1, 0.15) is 51.0 Å². The maximum atomic E-state index is 9.46. The van der Waals surface area contributed by atoms with Gasteiger partial charge in [0.2, 0.25) is 0 Å². The molecule has 17 heavy (non-hydrogen) atoms. The van der Waals surface area contributed by atoms with Gasteiger partial charge in [0, 0.05) is 11.7 Å². The largest absolute Gasteiger partial charge is 0.393 e. The molecule has 0 atom stereocenters. The lowest BCUT2D eigenvalue weighted by molar-refractivity contribution is 0.126. The van der Waals surface area contributed by atoms with E-state index in [0.29, 0.717) is 12.0 Å². The molecule has 1 saturated carbocycles. The van der Waals surface area contributed by atoms with E-state index in [2.05, 4.69) is 43.4 Å². The average molecular weight is 233 g/mol. The number of anilines is 1. The van der Waals surface area contributed by atoms with E-state index in [-0.39, 0.29) is 6.10 Å². The molecule has 0 spiro atoms. The van der Waals surface area contributed by atoms with Crippen LogP contribution < -0.4 is 5.32 Å². The minimum atomic E-state index is -0.0728. The van der Waals surface area contributed by atoms with Crippen molar-refractivity contribution in [3.8, 4) is 0 Å². The number of hydrogen-bond acceptors (Lipinski definition) is 2. The molecule has 2 N–H and O–H groups in total. The van der Waals surface area contributed by atoms with Gasteiger partial charge >= 0.3 is 0 Å². The number of rotatable bonds is 3. The lowest BCUT2D eigenvalue weighted by Crippen LogP contribution is -2.28. The second kappa shape index (κ2) is 5.54. The van der Waals surface area contributed by atoms with Crippen molar-refractivity contribution in [1.29, 1.82) is 0 Å². The van der Waals surface area contributed by atoms with E-state index in [1.807, 2.05) is 0 Å². The number of benzene rings is 1. The molecule has 0 heterocycles. The fourth-order valence-corrected chi connectivity index (χ4v) is 2.42. The second-order valence-corrected chi connectivity index (χ2v) is 5.43. The van der Waals surface area contributed by atoms with E-state index >= 15 is 0 Å². The Hall–Kier alpha value is -1.02. The quantitative estimate of drug-likeness (QED) is 0.837. The van der Waals surface area contributed by atoms with Crippen LogP contribution in [0.25, 0.3) is 0 Å². The first-order valence-electron chi connectivity index (χ1n) is 6.69. The summed E-state index contributed by atoms with van der Waals surface area (Å²) in [4.78, 5) is 0. The normalized spacial score (nSPS) is 24.9. The van der Waals surface area contributed by atoms with Crippen molar-refractivity contribution in [2.24, 2.45) is 0 Å². The standard InChI is InChI=1S/C15H23NO/c1-11(2)12-3-5-13(6-4-12)16-14-7-9-15(17)10-8-14/h3-6,11,14-17H,7-10H2,1-2H3. The Morgan fingerprint density at radius 2 is 1.65 bits per heavy atom. The Balaban J connectivity index is 1.90. The zero-order chi connectivity index (χ0) is 12.3. The minimum Gasteiger partial charge on any atom is -0.393 e. The highest BCUT2D eigenvalue weighted by molar-refractivity contribution is 5.46. The van der Waals surface area contributed by atoms with Crippen LogP contribution in [0.2, 0.25) is 0 Å². The van der Waals surface area contributed by atoms with Gasteiger partial charge in [-0.2, -0.15) is 0 Å². The Morgan fingerprint density at radius 3 is 2.18 bits per heavy atom. The molecule has 1 aliphatic carbocycles. The highest BCUT2D eigenvalue weighted by Gasteiger charge is 2.18. The van der Waals surface area contributed by atoms with Crippen LogP contribution in [-0.4, -0.2) is 17.3 Å². The molecular formula is C15H23NO. The van der Waals surface area contributed by atoms with Gasteiger partial charge in [-0.05, 0) is 49.3 Å². The fraction of sp³-hybridized carbons (Fsp3) is 0.600. The topological polar surface area (TPSA) is 32.3 Å². The van der Waals surface area contributed by atoms with Gasteiger partial charge in [-0.3, -0.25) is 0 Å². The summed E-state index contributed by atoms with van der Waals surface area (Å²) in [6.45, 7) is 4.43. The molecule has 0 amide bonds. The molecule has 1 aromatic carbocycles. The van der Waals surface area contributed by atoms with Crippen LogP contribution in [0, 0.1) is 0 Å². The third-order valence-electron chi connectivity index (χ3n) is 3.64. The first-order valence-corrected chi connectivity index (χ1v) is 6.69. The van der Waals surface area contributed by atoms with Crippen LogP contribution in [0.4, 0.5) is 5.69 Å². The molecule has 2 heteroatoms. The Bertz CT molecular complexity index is 336. The molecule has 2 nitrogen and oxygen atoms in total. The van der Waals surface area contributed by atoms with Gasteiger partial charge in [0.15, 0.2) is 0 Å². The van der Waals surface area contributed by atoms with E-state index in [1.165, 1.54) is 11.3 Å². The molecule has 0 aromatic heterocycles. The van der Waals surface area contributed by atoms with Gasteiger partial charge in [-0.1, -0.05) is 26.0 Å². The van der Waals surface area contributed by atoms with Crippen molar-refractivity contribution < 1.29 is 5.11 Å². The molecule has 94 valence electrons. The van der Waals surface area contributed by atoms with Crippen LogP contribution >= 0.6 is 0 Å². The predicted molar refractivity (Wildman–Crippen MR) is 72.4 cm³/mol.